The highest BCUT2D eigenvalue weighted by molar-refractivity contribution is 6.11. The third-order valence-corrected chi connectivity index (χ3v) is 10.0. The number of nitrogens with zero attached hydrogens (tertiary/aromatic N) is 4. The fraction of sp³-hybridized carbons (Fsp3) is 0.0426. The number of halogens is 8. The predicted molar refractivity (Wildman–Crippen MR) is 211 cm³/mol. The number of hydrogen-bond donors (Lipinski definition) is 0. The number of hydrogen-bond acceptors (Lipinski definition) is 3. The first-order chi connectivity index (χ1) is 28.3. The summed E-state index contributed by atoms with van der Waals surface area (Å²) in [4.78, 5) is 14.7. The van der Waals surface area contributed by atoms with Crippen molar-refractivity contribution in [3.63, 3.8) is 0 Å². The second-order valence-electron chi connectivity index (χ2n) is 13.8. The molecule has 0 fully saturated rings. The highest BCUT2D eigenvalue weighted by atomic mass is 19.4. The topological polar surface area (TPSA) is 43.6 Å². The van der Waals surface area contributed by atoms with Crippen LogP contribution >= 0.6 is 0 Å². The van der Waals surface area contributed by atoms with Gasteiger partial charge in [0.05, 0.1) is 27.8 Å². The van der Waals surface area contributed by atoms with Crippen LogP contribution in [0.5, 0.6) is 0 Å². The molecule has 0 saturated carbocycles. The Morgan fingerprint density at radius 2 is 0.949 bits per heavy atom. The van der Waals surface area contributed by atoms with Gasteiger partial charge in [-0.25, -0.2) is 23.7 Å². The van der Waals surface area contributed by atoms with E-state index >= 15 is 4.39 Å². The lowest BCUT2D eigenvalue weighted by molar-refractivity contribution is -0.143. The minimum Gasteiger partial charge on any atom is -0.309 e. The summed E-state index contributed by atoms with van der Waals surface area (Å²) in [5.74, 6) is -0.620. The maximum absolute atomic E-state index is 15.4. The third-order valence-electron chi connectivity index (χ3n) is 10.0. The molecule has 0 atom stereocenters. The number of fused-ring (bicyclic) bond motifs is 3. The zero-order valence-corrected chi connectivity index (χ0v) is 30.3. The van der Waals surface area contributed by atoms with Crippen LogP contribution in [-0.2, 0) is 12.4 Å². The summed E-state index contributed by atoms with van der Waals surface area (Å²) in [7, 11) is 0. The normalized spacial score (nSPS) is 12.1. The summed E-state index contributed by atoms with van der Waals surface area (Å²) in [6, 6.07) is 40.3. The Kier molecular flexibility index (Phi) is 9.07. The van der Waals surface area contributed by atoms with Gasteiger partial charge in [0.15, 0.2) is 17.5 Å². The number of benzene rings is 7. The van der Waals surface area contributed by atoms with Crippen LogP contribution in [0.1, 0.15) is 11.1 Å². The summed E-state index contributed by atoms with van der Waals surface area (Å²) < 4.78 is 115. The standard InChI is InChI=1S/C47H26F8N4/c48-34-17-18-35(39(49)26-34)30-16-20-42(38(24-30)45-57-43(27-9-3-1-4-10-27)56-44(58-45)28-11-5-2-6-12-28)59-40-14-8-7-13-36(40)37-23-29(15-19-41(37)59)31-21-32(46(50,51)52)25-33(22-31)47(53,54)55/h1-26H. The van der Waals surface area contributed by atoms with Crippen LogP contribution in [-0.4, -0.2) is 19.5 Å². The predicted octanol–water partition coefficient (Wildman–Crippen LogP) is 13.6. The van der Waals surface area contributed by atoms with Gasteiger partial charge in [0.2, 0.25) is 0 Å². The molecule has 4 nitrogen and oxygen atoms in total. The van der Waals surface area contributed by atoms with E-state index in [9.17, 15) is 30.7 Å². The Bertz CT molecular complexity index is 2960. The molecule has 9 rings (SSSR count). The van der Waals surface area contributed by atoms with Crippen molar-refractivity contribution in [1.29, 1.82) is 0 Å². The Balaban J connectivity index is 1.32. The van der Waals surface area contributed by atoms with Gasteiger partial charge in [0, 0.05) is 39.1 Å². The van der Waals surface area contributed by atoms with E-state index in [1.54, 1.807) is 48.5 Å². The van der Waals surface area contributed by atoms with Crippen molar-refractivity contribution in [2.24, 2.45) is 0 Å². The van der Waals surface area contributed by atoms with Crippen molar-refractivity contribution >= 4 is 21.8 Å². The zero-order valence-electron chi connectivity index (χ0n) is 30.3. The van der Waals surface area contributed by atoms with Gasteiger partial charge < -0.3 is 4.57 Å². The van der Waals surface area contributed by atoms with Gasteiger partial charge in [-0.1, -0.05) is 91.0 Å². The van der Waals surface area contributed by atoms with E-state index in [0.29, 0.717) is 73.5 Å². The molecule has 7 aromatic carbocycles. The number of para-hydroxylation sites is 1. The number of aromatic nitrogens is 4. The monoisotopic (exact) mass is 798 g/mol. The lowest BCUT2D eigenvalue weighted by Crippen LogP contribution is -2.11. The van der Waals surface area contributed by atoms with Crippen molar-refractivity contribution < 1.29 is 35.1 Å². The van der Waals surface area contributed by atoms with Crippen molar-refractivity contribution in [2.45, 2.75) is 12.4 Å². The maximum Gasteiger partial charge on any atom is 0.416 e. The Labute approximate surface area is 330 Å². The average molecular weight is 799 g/mol. The first-order valence-corrected chi connectivity index (χ1v) is 18.1. The smallest absolute Gasteiger partial charge is 0.309 e. The molecule has 0 saturated heterocycles. The molecular formula is C47H26F8N4. The molecule has 0 N–H and O–H groups in total. The third kappa shape index (κ3) is 7.07. The molecule has 0 aliphatic heterocycles. The SMILES string of the molecule is Fc1ccc(-c2ccc(-n3c4ccccc4c4cc(-c5cc(C(F)(F)F)cc(C(F)(F)F)c5)ccc43)c(-c3nc(-c4ccccc4)nc(-c4ccccc4)n3)c2)c(F)c1. The number of rotatable bonds is 6. The number of alkyl halides is 6. The van der Waals surface area contributed by atoms with Crippen molar-refractivity contribution in [3.05, 3.63) is 180 Å². The van der Waals surface area contributed by atoms with E-state index in [4.69, 9.17) is 15.0 Å². The molecule has 9 aromatic rings. The Morgan fingerprint density at radius 3 is 1.56 bits per heavy atom. The zero-order chi connectivity index (χ0) is 41.1. The quantitative estimate of drug-likeness (QED) is 0.157. The van der Waals surface area contributed by atoms with Crippen molar-refractivity contribution in [3.8, 4) is 62.1 Å². The van der Waals surface area contributed by atoms with E-state index < -0.39 is 35.1 Å². The van der Waals surface area contributed by atoms with Gasteiger partial charge in [-0.2, -0.15) is 26.3 Å². The van der Waals surface area contributed by atoms with Crippen LogP contribution in [0, 0.1) is 11.6 Å². The Morgan fingerprint density at radius 1 is 0.390 bits per heavy atom. The Hall–Kier alpha value is -7.21. The van der Waals surface area contributed by atoms with Crippen LogP contribution < -0.4 is 0 Å². The molecule has 0 spiro atoms. The fourth-order valence-corrected chi connectivity index (χ4v) is 7.26. The maximum atomic E-state index is 15.4. The summed E-state index contributed by atoms with van der Waals surface area (Å²) in [6.45, 7) is 0. The summed E-state index contributed by atoms with van der Waals surface area (Å²) >= 11 is 0. The van der Waals surface area contributed by atoms with E-state index in [-0.39, 0.29) is 28.6 Å². The largest absolute Gasteiger partial charge is 0.416 e. The molecule has 0 amide bonds. The summed E-state index contributed by atoms with van der Waals surface area (Å²) in [5.41, 5.74) is 1.06. The summed E-state index contributed by atoms with van der Waals surface area (Å²) in [6.07, 6.45) is -10.0. The van der Waals surface area contributed by atoms with Gasteiger partial charge in [-0.3, -0.25) is 0 Å². The second kappa shape index (κ2) is 14.3. The lowest BCUT2D eigenvalue weighted by Gasteiger charge is -2.17. The van der Waals surface area contributed by atoms with Crippen LogP contribution in [0.15, 0.2) is 158 Å². The molecule has 0 aliphatic carbocycles. The van der Waals surface area contributed by atoms with Gasteiger partial charge in [-0.05, 0) is 77.4 Å². The molecule has 0 radical (unpaired) electrons. The molecule has 0 unspecified atom stereocenters. The van der Waals surface area contributed by atoms with E-state index in [1.165, 1.54) is 12.1 Å². The molecule has 0 aliphatic rings. The van der Waals surface area contributed by atoms with Crippen LogP contribution in [0.25, 0.3) is 83.9 Å². The van der Waals surface area contributed by atoms with Gasteiger partial charge in [-0.15, -0.1) is 0 Å². The minimum atomic E-state index is -5.02. The van der Waals surface area contributed by atoms with Crippen molar-refractivity contribution in [2.75, 3.05) is 0 Å². The van der Waals surface area contributed by atoms with Crippen LogP contribution in [0.3, 0.4) is 0 Å². The molecule has 12 heteroatoms. The van der Waals surface area contributed by atoms with E-state index in [0.717, 1.165) is 12.1 Å². The van der Waals surface area contributed by atoms with Gasteiger partial charge >= 0.3 is 12.4 Å². The minimum absolute atomic E-state index is 0.102. The highest BCUT2D eigenvalue weighted by Gasteiger charge is 2.37. The molecule has 290 valence electrons. The second-order valence-corrected chi connectivity index (χ2v) is 13.8. The van der Waals surface area contributed by atoms with Crippen molar-refractivity contribution in [1.82, 2.24) is 19.5 Å². The molecule has 0 bridgehead atoms. The van der Waals surface area contributed by atoms with Crippen LogP contribution in [0.2, 0.25) is 0 Å². The average Bonchev–Trinajstić information content (AvgIpc) is 3.56. The van der Waals surface area contributed by atoms with E-state index in [2.05, 4.69) is 0 Å². The molecular weight excluding hydrogens is 773 g/mol. The summed E-state index contributed by atoms with van der Waals surface area (Å²) in [5, 5.41) is 1.19. The first-order valence-electron chi connectivity index (χ1n) is 18.1. The first kappa shape index (κ1) is 37.4. The molecule has 2 heterocycles. The highest BCUT2D eigenvalue weighted by Crippen LogP contribution is 2.42. The van der Waals surface area contributed by atoms with Gasteiger partial charge in [0.1, 0.15) is 11.6 Å². The lowest BCUT2D eigenvalue weighted by atomic mass is 9.97. The molecule has 2 aromatic heterocycles. The van der Waals surface area contributed by atoms with E-state index in [1.807, 2.05) is 71.3 Å². The van der Waals surface area contributed by atoms with Crippen LogP contribution in [0.4, 0.5) is 35.1 Å². The van der Waals surface area contributed by atoms with Gasteiger partial charge in [0.25, 0.3) is 0 Å². The molecule has 59 heavy (non-hydrogen) atoms. The fourth-order valence-electron chi connectivity index (χ4n) is 7.26.